The number of amides is 2. The fourth-order valence-electron chi connectivity index (χ4n) is 3.36. The predicted molar refractivity (Wildman–Crippen MR) is 121 cm³/mol. The van der Waals surface area contributed by atoms with E-state index in [2.05, 4.69) is 19.2 Å². The van der Waals surface area contributed by atoms with E-state index in [1.54, 1.807) is 4.90 Å². The lowest BCUT2D eigenvalue weighted by Gasteiger charge is -2.30. The largest absolute Gasteiger partial charge is 0.484 e. The van der Waals surface area contributed by atoms with Gasteiger partial charge in [0.05, 0.1) is 0 Å². The van der Waals surface area contributed by atoms with Crippen LogP contribution >= 0.6 is 0 Å². The highest BCUT2D eigenvalue weighted by molar-refractivity contribution is 5.88. The summed E-state index contributed by atoms with van der Waals surface area (Å²) in [5, 5.41) is 2.85. The van der Waals surface area contributed by atoms with Crippen LogP contribution in [0.2, 0.25) is 0 Å². The Morgan fingerprint density at radius 3 is 2.23 bits per heavy atom. The minimum atomic E-state index is -0.506. The van der Waals surface area contributed by atoms with Crippen molar-refractivity contribution in [3.63, 3.8) is 0 Å². The molecule has 0 aliphatic rings. The van der Waals surface area contributed by atoms with Crippen LogP contribution in [0.15, 0.2) is 54.6 Å². The predicted octanol–water partition coefficient (Wildman–Crippen LogP) is 4.17. The van der Waals surface area contributed by atoms with Gasteiger partial charge in [-0.3, -0.25) is 9.59 Å². The second-order valence-corrected chi connectivity index (χ2v) is 7.65. The number of benzene rings is 2. The Balaban J connectivity index is 2.08. The summed E-state index contributed by atoms with van der Waals surface area (Å²) in [6, 6.07) is 17.3. The number of rotatable bonds is 11. The third-order valence-corrected chi connectivity index (χ3v) is 5.13. The van der Waals surface area contributed by atoms with Crippen molar-refractivity contribution in [1.29, 1.82) is 0 Å². The molecule has 2 amide bonds. The van der Waals surface area contributed by atoms with E-state index in [1.165, 1.54) is 5.56 Å². The molecule has 0 heterocycles. The number of hydrogen-bond acceptors (Lipinski definition) is 3. The van der Waals surface area contributed by atoms with Gasteiger partial charge in [-0.15, -0.1) is 0 Å². The molecule has 1 atom stereocenters. The van der Waals surface area contributed by atoms with Crippen molar-refractivity contribution < 1.29 is 14.3 Å². The van der Waals surface area contributed by atoms with Gasteiger partial charge in [0.1, 0.15) is 11.8 Å². The quantitative estimate of drug-likeness (QED) is 0.605. The minimum absolute atomic E-state index is 0.0915. The third-order valence-electron chi connectivity index (χ3n) is 5.13. The highest BCUT2D eigenvalue weighted by Crippen LogP contribution is 2.19. The lowest BCUT2D eigenvalue weighted by molar-refractivity contribution is -0.142. The lowest BCUT2D eigenvalue weighted by Crippen LogP contribution is -2.51. The second kappa shape index (κ2) is 12.0. The first-order valence-electron chi connectivity index (χ1n) is 10.8. The molecule has 0 unspecified atom stereocenters. The Bertz CT molecular complexity index is 788. The van der Waals surface area contributed by atoms with E-state index in [9.17, 15) is 9.59 Å². The fourth-order valence-corrected chi connectivity index (χ4v) is 3.36. The van der Waals surface area contributed by atoms with Crippen molar-refractivity contribution in [1.82, 2.24) is 10.2 Å². The van der Waals surface area contributed by atoms with Gasteiger partial charge >= 0.3 is 0 Å². The summed E-state index contributed by atoms with van der Waals surface area (Å²) in [5.74, 6) is 0.790. The summed E-state index contributed by atoms with van der Waals surface area (Å²) < 4.78 is 5.75. The maximum absolute atomic E-state index is 13.0. The maximum Gasteiger partial charge on any atom is 0.261 e. The molecule has 5 nitrogen and oxygen atoms in total. The Morgan fingerprint density at radius 1 is 1.00 bits per heavy atom. The van der Waals surface area contributed by atoms with Crippen molar-refractivity contribution in [3.05, 3.63) is 65.7 Å². The molecule has 2 aromatic carbocycles. The number of nitrogens with zero attached hydrogens (tertiary/aromatic N) is 1. The molecule has 30 heavy (non-hydrogen) atoms. The van der Waals surface area contributed by atoms with Gasteiger partial charge in [0, 0.05) is 13.1 Å². The Morgan fingerprint density at radius 2 is 1.67 bits per heavy atom. The molecule has 0 radical (unpaired) electrons. The molecule has 0 bridgehead atoms. The van der Waals surface area contributed by atoms with Gasteiger partial charge < -0.3 is 15.0 Å². The van der Waals surface area contributed by atoms with Gasteiger partial charge in [-0.1, -0.05) is 63.2 Å². The molecule has 0 saturated heterocycles. The lowest BCUT2D eigenvalue weighted by atomic mass is 10.0. The molecule has 1 N–H and O–H groups in total. The summed E-state index contributed by atoms with van der Waals surface area (Å²) in [6.45, 7) is 8.99. The monoisotopic (exact) mass is 410 g/mol. The van der Waals surface area contributed by atoms with E-state index in [0.717, 1.165) is 5.56 Å². The Labute approximate surface area is 180 Å². The van der Waals surface area contributed by atoms with E-state index in [0.29, 0.717) is 37.6 Å². The summed E-state index contributed by atoms with van der Waals surface area (Å²) in [5.41, 5.74) is 2.35. The number of carbonyl (C=O) groups is 2. The number of ether oxygens (including phenoxy) is 1. The number of nitrogens with one attached hydrogen (secondary N) is 1. The van der Waals surface area contributed by atoms with Crippen LogP contribution in [-0.4, -0.2) is 42.5 Å². The summed E-state index contributed by atoms with van der Waals surface area (Å²) in [4.78, 5) is 27.3. The molecule has 0 aliphatic heterocycles. The molecule has 0 spiro atoms. The van der Waals surface area contributed by atoms with Crippen molar-refractivity contribution in [2.24, 2.45) is 0 Å². The Kier molecular flexibility index (Phi) is 9.39. The number of likely N-dealkylation sites (N-methyl/N-ethyl adjacent to an activating group) is 1. The molecular formula is C25H34N2O3. The van der Waals surface area contributed by atoms with Crippen LogP contribution in [-0.2, 0) is 16.0 Å². The zero-order valence-electron chi connectivity index (χ0n) is 18.6. The molecule has 0 saturated carbocycles. The van der Waals surface area contributed by atoms with E-state index >= 15 is 0 Å². The van der Waals surface area contributed by atoms with Gasteiger partial charge in [0.2, 0.25) is 5.91 Å². The summed E-state index contributed by atoms with van der Waals surface area (Å²) >= 11 is 0. The molecule has 162 valence electrons. The van der Waals surface area contributed by atoms with Crippen LogP contribution in [0.5, 0.6) is 5.75 Å². The van der Waals surface area contributed by atoms with E-state index < -0.39 is 6.04 Å². The van der Waals surface area contributed by atoms with Gasteiger partial charge in [-0.05, 0) is 48.9 Å². The molecule has 0 aromatic heterocycles. The average molecular weight is 411 g/mol. The van der Waals surface area contributed by atoms with Crippen LogP contribution < -0.4 is 10.1 Å². The third kappa shape index (κ3) is 6.90. The molecule has 0 fully saturated rings. The maximum atomic E-state index is 13.0. The zero-order chi connectivity index (χ0) is 21.9. The highest BCUT2D eigenvalue weighted by Gasteiger charge is 2.28. The number of carbonyl (C=O) groups excluding carboxylic acids is 2. The van der Waals surface area contributed by atoms with Crippen LogP contribution in [0.25, 0.3) is 0 Å². The topological polar surface area (TPSA) is 58.6 Å². The van der Waals surface area contributed by atoms with Gasteiger partial charge in [0.15, 0.2) is 6.61 Å². The van der Waals surface area contributed by atoms with Crippen molar-refractivity contribution in [2.45, 2.75) is 52.5 Å². The smallest absolute Gasteiger partial charge is 0.261 e. The molecule has 5 heteroatoms. The Hall–Kier alpha value is -2.82. The van der Waals surface area contributed by atoms with Crippen LogP contribution in [0.4, 0.5) is 0 Å². The standard InChI is InChI=1S/C25H34N2O3/c1-5-23(25(29)26-6-2)27(17-16-20-10-8-7-9-11-20)24(28)18-30-22-14-12-21(13-15-22)19(3)4/h7-15,19,23H,5-6,16-18H2,1-4H3,(H,26,29)/t23-/m1/s1. The molecular weight excluding hydrogens is 376 g/mol. The fraction of sp³-hybridized carbons (Fsp3) is 0.440. The van der Waals surface area contributed by atoms with E-state index in [1.807, 2.05) is 68.4 Å². The van der Waals surface area contributed by atoms with E-state index in [4.69, 9.17) is 4.74 Å². The zero-order valence-corrected chi connectivity index (χ0v) is 18.6. The van der Waals surface area contributed by atoms with Crippen LogP contribution in [0, 0.1) is 0 Å². The number of hydrogen-bond donors (Lipinski definition) is 1. The SMILES string of the molecule is CCNC(=O)[C@@H](CC)N(CCc1ccccc1)C(=O)COc1ccc(C(C)C)cc1. The molecule has 2 rings (SSSR count). The molecule has 0 aliphatic carbocycles. The van der Waals surface area contributed by atoms with E-state index in [-0.39, 0.29) is 18.4 Å². The van der Waals surface area contributed by atoms with Crippen LogP contribution in [0.3, 0.4) is 0 Å². The summed E-state index contributed by atoms with van der Waals surface area (Å²) in [6.07, 6.45) is 1.24. The second-order valence-electron chi connectivity index (χ2n) is 7.65. The summed E-state index contributed by atoms with van der Waals surface area (Å²) in [7, 11) is 0. The normalized spacial score (nSPS) is 11.8. The highest BCUT2D eigenvalue weighted by atomic mass is 16.5. The van der Waals surface area contributed by atoms with Gasteiger partial charge in [-0.2, -0.15) is 0 Å². The molecule has 2 aromatic rings. The average Bonchev–Trinajstić information content (AvgIpc) is 2.76. The first kappa shape index (κ1) is 23.5. The minimum Gasteiger partial charge on any atom is -0.484 e. The van der Waals surface area contributed by atoms with Crippen molar-refractivity contribution in [2.75, 3.05) is 19.7 Å². The van der Waals surface area contributed by atoms with Crippen molar-refractivity contribution in [3.8, 4) is 5.75 Å². The van der Waals surface area contributed by atoms with Crippen LogP contribution in [0.1, 0.15) is 51.2 Å². The first-order valence-corrected chi connectivity index (χ1v) is 10.8. The van der Waals surface area contributed by atoms with Gasteiger partial charge in [-0.25, -0.2) is 0 Å². The first-order chi connectivity index (χ1) is 14.5. The van der Waals surface area contributed by atoms with Gasteiger partial charge in [0.25, 0.3) is 5.91 Å². The van der Waals surface area contributed by atoms with Crippen molar-refractivity contribution >= 4 is 11.8 Å².